The van der Waals surface area contributed by atoms with Crippen LogP contribution in [0.4, 0.5) is 0 Å². The predicted molar refractivity (Wildman–Crippen MR) is 106 cm³/mol. The smallest absolute Gasteiger partial charge is 0.271 e. The molecule has 26 heavy (non-hydrogen) atoms. The van der Waals surface area contributed by atoms with Crippen LogP contribution in [0.1, 0.15) is 32.9 Å². The average molecular weight is 366 g/mol. The number of hydrogen-bond acceptors (Lipinski definition) is 2. The summed E-state index contributed by atoms with van der Waals surface area (Å²) in [6, 6.07) is 17.1. The van der Waals surface area contributed by atoms with Crippen LogP contribution in [0.25, 0.3) is 5.69 Å². The lowest BCUT2D eigenvalue weighted by Crippen LogP contribution is -2.17. The Morgan fingerprint density at radius 1 is 1.08 bits per heavy atom. The molecular weight excluding hydrogens is 346 g/mol. The van der Waals surface area contributed by atoms with Crippen molar-refractivity contribution in [3.05, 3.63) is 87.7 Å². The first-order valence-electron chi connectivity index (χ1n) is 8.30. The molecule has 2 aromatic carbocycles. The molecule has 0 aliphatic rings. The van der Waals surface area contributed by atoms with Crippen LogP contribution >= 0.6 is 11.6 Å². The molecule has 3 rings (SSSR count). The van der Waals surface area contributed by atoms with Crippen molar-refractivity contribution in [2.45, 2.75) is 20.8 Å². The maximum absolute atomic E-state index is 12.2. The number of amides is 1. The standard InChI is InChI=1S/C21H20ClN3O/c1-14-6-4-7-17(10-14)21(26)24-23-13-18-11-15(2)25(16(18)3)20-9-5-8-19(22)12-20/h4-13H,1-3H3,(H,24,26)/b23-13-. The largest absolute Gasteiger partial charge is 0.318 e. The molecule has 3 aromatic rings. The Labute approximate surface area is 158 Å². The van der Waals surface area contributed by atoms with E-state index in [9.17, 15) is 4.79 Å². The van der Waals surface area contributed by atoms with Crippen molar-refractivity contribution < 1.29 is 4.79 Å². The highest BCUT2D eigenvalue weighted by atomic mass is 35.5. The van der Waals surface area contributed by atoms with Gasteiger partial charge in [0.05, 0.1) is 6.21 Å². The van der Waals surface area contributed by atoms with Gasteiger partial charge in [-0.1, -0.05) is 35.4 Å². The number of benzene rings is 2. The third-order valence-electron chi connectivity index (χ3n) is 4.19. The first-order chi connectivity index (χ1) is 12.5. The minimum Gasteiger partial charge on any atom is -0.318 e. The predicted octanol–water partition coefficient (Wildman–Crippen LogP) is 4.82. The number of rotatable bonds is 4. The second kappa shape index (κ2) is 7.58. The number of hydrogen-bond donors (Lipinski definition) is 1. The molecule has 0 radical (unpaired) electrons. The summed E-state index contributed by atoms with van der Waals surface area (Å²) in [5.41, 5.74) is 8.23. The quantitative estimate of drug-likeness (QED) is 0.523. The summed E-state index contributed by atoms with van der Waals surface area (Å²) in [6.07, 6.45) is 1.66. The van der Waals surface area contributed by atoms with Crippen molar-refractivity contribution in [1.82, 2.24) is 9.99 Å². The first kappa shape index (κ1) is 18.0. The van der Waals surface area contributed by atoms with E-state index in [1.54, 1.807) is 12.3 Å². The molecule has 132 valence electrons. The third-order valence-corrected chi connectivity index (χ3v) is 4.42. The second-order valence-corrected chi connectivity index (χ2v) is 6.65. The van der Waals surface area contributed by atoms with Crippen molar-refractivity contribution in [3.8, 4) is 5.69 Å². The van der Waals surface area contributed by atoms with Gasteiger partial charge in [0, 0.05) is 33.2 Å². The fourth-order valence-corrected chi connectivity index (χ4v) is 3.13. The molecule has 0 fully saturated rings. The molecule has 1 amide bonds. The molecule has 0 aliphatic carbocycles. The molecule has 1 aromatic heterocycles. The van der Waals surface area contributed by atoms with E-state index in [-0.39, 0.29) is 5.91 Å². The van der Waals surface area contributed by atoms with Gasteiger partial charge in [-0.3, -0.25) is 4.79 Å². The van der Waals surface area contributed by atoms with E-state index in [1.807, 2.05) is 69.3 Å². The monoisotopic (exact) mass is 365 g/mol. The second-order valence-electron chi connectivity index (χ2n) is 6.21. The Kier molecular flexibility index (Phi) is 5.24. The van der Waals surface area contributed by atoms with Crippen molar-refractivity contribution in [3.63, 3.8) is 0 Å². The molecule has 0 spiro atoms. The van der Waals surface area contributed by atoms with Crippen molar-refractivity contribution in [2.75, 3.05) is 0 Å². The number of carbonyl (C=O) groups is 1. The molecule has 1 heterocycles. The summed E-state index contributed by atoms with van der Waals surface area (Å²) in [5.74, 6) is -0.228. The zero-order valence-corrected chi connectivity index (χ0v) is 15.7. The van der Waals surface area contributed by atoms with Crippen LogP contribution in [0.5, 0.6) is 0 Å². The number of hydrazone groups is 1. The van der Waals surface area contributed by atoms with E-state index >= 15 is 0 Å². The molecule has 1 N–H and O–H groups in total. The normalized spacial score (nSPS) is 11.1. The maximum Gasteiger partial charge on any atom is 0.271 e. The van der Waals surface area contributed by atoms with Crippen LogP contribution in [0.3, 0.4) is 0 Å². The molecule has 0 aliphatic heterocycles. The number of aryl methyl sites for hydroxylation is 2. The molecule has 0 saturated carbocycles. The Hall–Kier alpha value is -2.85. The highest BCUT2D eigenvalue weighted by Gasteiger charge is 2.10. The number of nitrogens with zero attached hydrogens (tertiary/aromatic N) is 2. The summed E-state index contributed by atoms with van der Waals surface area (Å²) < 4.78 is 2.11. The lowest BCUT2D eigenvalue weighted by molar-refractivity contribution is 0.0955. The molecule has 5 heteroatoms. The third kappa shape index (κ3) is 3.86. The van der Waals surface area contributed by atoms with Gasteiger partial charge in [-0.2, -0.15) is 5.10 Å². The van der Waals surface area contributed by atoms with Gasteiger partial charge in [-0.05, 0) is 57.2 Å². The van der Waals surface area contributed by atoms with Gasteiger partial charge in [-0.25, -0.2) is 5.43 Å². The fourth-order valence-electron chi connectivity index (χ4n) is 2.94. The van der Waals surface area contributed by atoms with Crippen molar-refractivity contribution in [1.29, 1.82) is 0 Å². The fraction of sp³-hybridized carbons (Fsp3) is 0.143. The van der Waals surface area contributed by atoms with Crippen LogP contribution in [-0.2, 0) is 0 Å². The minimum atomic E-state index is -0.228. The molecule has 4 nitrogen and oxygen atoms in total. The number of nitrogens with one attached hydrogen (secondary N) is 1. The zero-order chi connectivity index (χ0) is 18.7. The maximum atomic E-state index is 12.2. The molecule has 0 bridgehead atoms. The van der Waals surface area contributed by atoms with Gasteiger partial charge >= 0.3 is 0 Å². The van der Waals surface area contributed by atoms with Crippen LogP contribution in [0, 0.1) is 20.8 Å². The summed E-state index contributed by atoms with van der Waals surface area (Å²) in [7, 11) is 0. The number of halogens is 1. The van der Waals surface area contributed by atoms with Crippen molar-refractivity contribution in [2.24, 2.45) is 5.10 Å². The summed E-state index contributed by atoms with van der Waals surface area (Å²) in [4.78, 5) is 12.2. The van der Waals surface area contributed by atoms with E-state index in [0.29, 0.717) is 10.6 Å². The van der Waals surface area contributed by atoms with E-state index in [2.05, 4.69) is 15.1 Å². The Morgan fingerprint density at radius 3 is 2.58 bits per heavy atom. The summed E-state index contributed by atoms with van der Waals surface area (Å²) >= 11 is 6.11. The highest BCUT2D eigenvalue weighted by molar-refractivity contribution is 6.30. The van der Waals surface area contributed by atoms with Crippen LogP contribution < -0.4 is 5.43 Å². The molecule has 0 unspecified atom stereocenters. The highest BCUT2D eigenvalue weighted by Crippen LogP contribution is 2.22. The minimum absolute atomic E-state index is 0.228. The number of carbonyl (C=O) groups excluding carboxylic acids is 1. The van der Waals surface area contributed by atoms with E-state index < -0.39 is 0 Å². The van der Waals surface area contributed by atoms with E-state index in [0.717, 1.165) is 28.2 Å². The average Bonchev–Trinajstić information content (AvgIpc) is 2.88. The van der Waals surface area contributed by atoms with Crippen LogP contribution in [0.15, 0.2) is 59.7 Å². The molecular formula is C21H20ClN3O. The van der Waals surface area contributed by atoms with Gasteiger partial charge in [0.15, 0.2) is 0 Å². The Morgan fingerprint density at radius 2 is 1.85 bits per heavy atom. The molecule has 0 atom stereocenters. The van der Waals surface area contributed by atoms with Gasteiger partial charge in [0.1, 0.15) is 0 Å². The van der Waals surface area contributed by atoms with Crippen LogP contribution in [-0.4, -0.2) is 16.7 Å². The zero-order valence-electron chi connectivity index (χ0n) is 15.0. The number of aromatic nitrogens is 1. The van der Waals surface area contributed by atoms with Crippen LogP contribution in [0.2, 0.25) is 5.02 Å². The van der Waals surface area contributed by atoms with E-state index in [1.165, 1.54) is 0 Å². The SMILES string of the molecule is Cc1cccc(C(=O)N/N=C\c2cc(C)n(-c3cccc(Cl)c3)c2C)c1. The first-order valence-corrected chi connectivity index (χ1v) is 8.68. The van der Waals surface area contributed by atoms with E-state index in [4.69, 9.17) is 11.6 Å². The summed E-state index contributed by atoms with van der Waals surface area (Å²) in [5, 5.41) is 4.80. The van der Waals surface area contributed by atoms with Gasteiger partial charge in [-0.15, -0.1) is 0 Å². The summed E-state index contributed by atoms with van der Waals surface area (Å²) in [6.45, 7) is 5.99. The van der Waals surface area contributed by atoms with Gasteiger partial charge in [0.2, 0.25) is 0 Å². The Bertz CT molecular complexity index is 989. The van der Waals surface area contributed by atoms with Gasteiger partial charge in [0.25, 0.3) is 5.91 Å². The Balaban J connectivity index is 1.79. The molecule has 0 saturated heterocycles. The lowest BCUT2D eigenvalue weighted by atomic mass is 10.1. The lowest BCUT2D eigenvalue weighted by Gasteiger charge is -2.09. The topological polar surface area (TPSA) is 46.4 Å². The van der Waals surface area contributed by atoms with Gasteiger partial charge < -0.3 is 4.57 Å². The van der Waals surface area contributed by atoms with Crippen molar-refractivity contribution >= 4 is 23.7 Å².